The van der Waals surface area contributed by atoms with Crippen LogP contribution in [0.5, 0.6) is 5.75 Å². The standard InChI is InChI=1S/C18H29NO5S/c1-15(19-25(20,21)12-4-10-23-14-22-2)17-5-3-6-18(13-17)24-11-9-16-7-8-16/h3,5-6,13,15-16,19H,4,7-12,14H2,1-2H3/t15-/m1/s1. The van der Waals surface area contributed by atoms with Gasteiger partial charge in [-0.25, -0.2) is 13.1 Å². The van der Waals surface area contributed by atoms with Crippen molar-refractivity contribution in [2.75, 3.05) is 32.9 Å². The minimum atomic E-state index is -3.36. The van der Waals surface area contributed by atoms with Crippen molar-refractivity contribution in [3.05, 3.63) is 29.8 Å². The van der Waals surface area contributed by atoms with Crippen LogP contribution in [0.3, 0.4) is 0 Å². The summed E-state index contributed by atoms with van der Waals surface area (Å²) in [6.45, 7) is 3.09. The van der Waals surface area contributed by atoms with E-state index < -0.39 is 10.0 Å². The van der Waals surface area contributed by atoms with Gasteiger partial charge in [-0.3, -0.25) is 0 Å². The maximum Gasteiger partial charge on any atom is 0.212 e. The molecule has 0 amide bonds. The summed E-state index contributed by atoms with van der Waals surface area (Å²) in [4.78, 5) is 0. The largest absolute Gasteiger partial charge is 0.494 e. The summed E-state index contributed by atoms with van der Waals surface area (Å²) >= 11 is 0. The van der Waals surface area contributed by atoms with E-state index in [0.29, 0.717) is 13.0 Å². The molecule has 25 heavy (non-hydrogen) atoms. The first kappa shape index (κ1) is 20.2. The highest BCUT2D eigenvalue weighted by molar-refractivity contribution is 7.89. The summed E-state index contributed by atoms with van der Waals surface area (Å²) in [6.07, 6.45) is 4.16. The molecule has 7 heteroatoms. The molecule has 0 aliphatic heterocycles. The van der Waals surface area contributed by atoms with E-state index >= 15 is 0 Å². The molecule has 2 rings (SSSR count). The number of methoxy groups -OCH3 is 1. The Morgan fingerprint density at radius 1 is 1.28 bits per heavy atom. The van der Waals surface area contributed by atoms with E-state index in [9.17, 15) is 8.42 Å². The van der Waals surface area contributed by atoms with E-state index in [2.05, 4.69) is 4.72 Å². The van der Waals surface area contributed by atoms with Crippen LogP contribution >= 0.6 is 0 Å². The monoisotopic (exact) mass is 371 g/mol. The van der Waals surface area contributed by atoms with Crippen LogP contribution < -0.4 is 9.46 Å². The van der Waals surface area contributed by atoms with Crippen molar-refractivity contribution in [1.29, 1.82) is 0 Å². The van der Waals surface area contributed by atoms with Crippen LogP contribution in [0.2, 0.25) is 0 Å². The smallest absolute Gasteiger partial charge is 0.212 e. The lowest BCUT2D eigenvalue weighted by Crippen LogP contribution is -2.29. The molecule has 0 radical (unpaired) electrons. The predicted octanol–water partition coefficient (Wildman–Crippen LogP) is 2.86. The molecule has 1 aromatic rings. The summed E-state index contributed by atoms with van der Waals surface area (Å²) in [5, 5.41) is 0. The summed E-state index contributed by atoms with van der Waals surface area (Å²) in [6, 6.07) is 7.30. The SMILES string of the molecule is COCOCCCS(=O)(=O)N[C@H](C)c1cccc(OCCC2CC2)c1. The lowest BCUT2D eigenvalue weighted by Gasteiger charge is -2.16. The van der Waals surface area contributed by atoms with Crippen LogP contribution in [0.15, 0.2) is 24.3 Å². The number of hydrogen-bond donors (Lipinski definition) is 1. The van der Waals surface area contributed by atoms with Crippen molar-refractivity contribution >= 4 is 10.0 Å². The lowest BCUT2D eigenvalue weighted by molar-refractivity contribution is -0.0298. The van der Waals surface area contributed by atoms with Crippen LogP contribution in [0.25, 0.3) is 0 Å². The number of rotatable bonds is 13. The van der Waals surface area contributed by atoms with Gasteiger partial charge < -0.3 is 14.2 Å². The third-order valence-electron chi connectivity index (χ3n) is 4.11. The van der Waals surface area contributed by atoms with Gasteiger partial charge in [0.2, 0.25) is 10.0 Å². The van der Waals surface area contributed by atoms with Crippen molar-refractivity contribution in [3.63, 3.8) is 0 Å². The summed E-state index contributed by atoms with van der Waals surface area (Å²) in [7, 11) is -1.83. The van der Waals surface area contributed by atoms with Crippen molar-refractivity contribution in [1.82, 2.24) is 4.72 Å². The Morgan fingerprint density at radius 2 is 2.08 bits per heavy atom. The van der Waals surface area contributed by atoms with Gasteiger partial charge in [0.15, 0.2) is 0 Å². The molecule has 0 bridgehead atoms. The normalized spacial score (nSPS) is 15.9. The first-order valence-electron chi connectivity index (χ1n) is 8.79. The molecule has 6 nitrogen and oxygen atoms in total. The van der Waals surface area contributed by atoms with Gasteiger partial charge in [-0.1, -0.05) is 25.0 Å². The Balaban J connectivity index is 1.78. The van der Waals surface area contributed by atoms with Gasteiger partial charge in [0.05, 0.1) is 19.0 Å². The van der Waals surface area contributed by atoms with Crippen LogP contribution in [0.4, 0.5) is 0 Å². The van der Waals surface area contributed by atoms with Gasteiger partial charge in [0.25, 0.3) is 0 Å². The van der Waals surface area contributed by atoms with E-state index in [1.165, 1.54) is 20.0 Å². The second-order valence-corrected chi connectivity index (χ2v) is 8.35. The van der Waals surface area contributed by atoms with Crippen LogP contribution in [-0.2, 0) is 19.5 Å². The number of hydrogen-bond acceptors (Lipinski definition) is 5. The van der Waals surface area contributed by atoms with E-state index in [0.717, 1.165) is 30.3 Å². The van der Waals surface area contributed by atoms with Gasteiger partial charge in [-0.2, -0.15) is 0 Å². The Hall–Kier alpha value is -1.15. The molecular weight excluding hydrogens is 342 g/mol. The van der Waals surface area contributed by atoms with Gasteiger partial charge in [0, 0.05) is 13.2 Å². The van der Waals surface area contributed by atoms with Crippen molar-refractivity contribution in [2.45, 2.75) is 38.6 Å². The molecule has 0 unspecified atom stereocenters. The fraction of sp³-hybridized carbons (Fsp3) is 0.667. The average Bonchev–Trinajstić information content (AvgIpc) is 3.39. The summed E-state index contributed by atoms with van der Waals surface area (Å²) in [5.41, 5.74) is 0.892. The van der Waals surface area contributed by atoms with Crippen molar-refractivity contribution < 1.29 is 22.6 Å². The summed E-state index contributed by atoms with van der Waals surface area (Å²) < 4.78 is 42.7. The van der Waals surface area contributed by atoms with Crippen molar-refractivity contribution in [3.8, 4) is 5.75 Å². The lowest BCUT2D eigenvalue weighted by atomic mass is 10.1. The van der Waals surface area contributed by atoms with Crippen LogP contribution in [0, 0.1) is 5.92 Å². The molecule has 0 spiro atoms. The zero-order valence-corrected chi connectivity index (χ0v) is 15.9. The first-order valence-corrected chi connectivity index (χ1v) is 10.4. The molecule has 1 aliphatic rings. The predicted molar refractivity (Wildman–Crippen MR) is 97.1 cm³/mol. The third-order valence-corrected chi connectivity index (χ3v) is 5.65. The van der Waals surface area contributed by atoms with Crippen molar-refractivity contribution in [2.24, 2.45) is 5.92 Å². The Morgan fingerprint density at radius 3 is 2.80 bits per heavy atom. The number of ether oxygens (including phenoxy) is 3. The van der Waals surface area contributed by atoms with E-state index in [1.807, 2.05) is 31.2 Å². The molecule has 1 aliphatic carbocycles. The zero-order valence-electron chi connectivity index (χ0n) is 15.1. The number of nitrogens with one attached hydrogen (secondary N) is 1. The van der Waals surface area contributed by atoms with E-state index in [-0.39, 0.29) is 18.6 Å². The topological polar surface area (TPSA) is 73.9 Å². The van der Waals surface area contributed by atoms with Gasteiger partial charge >= 0.3 is 0 Å². The Bertz CT molecular complexity index is 616. The molecular formula is C18H29NO5S. The molecule has 1 atom stereocenters. The number of benzene rings is 1. The highest BCUT2D eigenvalue weighted by atomic mass is 32.2. The van der Waals surface area contributed by atoms with Crippen LogP contribution in [0.1, 0.15) is 44.2 Å². The highest BCUT2D eigenvalue weighted by Gasteiger charge is 2.21. The fourth-order valence-corrected chi connectivity index (χ4v) is 3.80. The average molecular weight is 371 g/mol. The van der Waals surface area contributed by atoms with Gasteiger partial charge in [0.1, 0.15) is 12.5 Å². The third kappa shape index (κ3) is 8.18. The molecule has 1 saturated carbocycles. The highest BCUT2D eigenvalue weighted by Crippen LogP contribution is 2.32. The minimum Gasteiger partial charge on any atom is -0.494 e. The molecule has 1 N–H and O–H groups in total. The van der Waals surface area contributed by atoms with Crippen LogP contribution in [-0.4, -0.2) is 41.3 Å². The van der Waals surface area contributed by atoms with Gasteiger partial charge in [-0.15, -0.1) is 0 Å². The molecule has 1 fully saturated rings. The Kier molecular flexibility index (Phi) is 8.15. The summed E-state index contributed by atoms with van der Waals surface area (Å²) in [5.74, 6) is 1.65. The second kappa shape index (κ2) is 10.1. The second-order valence-electron chi connectivity index (χ2n) is 6.48. The number of sulfonamides is 1. The maximum absolute atomic E-state index is 12.2. The molecule has 0 heterocycles. The van der Waals surface area contributed by atoms with E-state index in [4.69, 9.17) is 14.2 Å². The Labute approximate surface area is 150 Å². The fourth-order valence-electron chi connectivity index (χ4n) is 2.51. The quantitative estimate of drug-likeness (QED) is 0.426. The molecule has 0 aromatic heterocycles. The molecule has 142 valence electrons. The van der Waals surface area contributed by atoms with E-state index in [1.54, 1.807) is 0 Å². The maximum atomic E-state index is 12.2. The first-order chi connectivity index (χ1) is 12.0. The zero-order chi connectivity index (χ0) is 18.1. The molecule has 0 saturated heterocycles. The minimum absolute atomic E-state index is 0.0264. The van der Waals surface area contributed by atoms with Gasteiger partial charge in [-0.05, 0) is 43.4 Å². The molecule has 1 aromatic carbocycles.